The van der Waals surface area contributed by atoms with Crippen molar-refractivity contribution in [1.29, 1.82) is 0 Å². The van der Waals surface area contributed by atoms with Crippen molar-refractivity contribution in [2.75, 3.05) is 13.1 Å². The first-order valence-electron chi connectivity index (χ1n) is 8.69. The molecular weight excluding hydrogens is 334 g/mol. The van der Waals surface area contributed by atoms with Gasteiger partial charge in [-0.05, 0) is 49.2 Å². The number of rotatable bonds is 6. The van der Waals surface area contributed by atoms with Gasteiger partial charge in [-0.15, -0.1) is 0 Å². The van der Waals surface area contributed by atoms with Crippen LogP contribution >= 0.6 is 11.6 Å². The Morgan fingerprint density at radius 3 is 2.36 bits per heavy atom. The molecule has 1 amide bonds. The van der Waals surface area contributed by atoms with E-state index in [1.54, 1.807) is 0 Å². The van der Waals surface area contributed by atoms with Gasteiger partial charge >= 0.3 is 0 Å². The highest BCUT2D eigenvalue weighted by Crippen LogP contribution is 2.19. The molecule has 1 saturated heterocycles. The average Bonchev–Trinajstić information content (AvgIpc) is 2.63. The second-order valence-corrected chi connectivity index (χ2v) is 7.03. The number of halogens is 1. The zero-order valence-electron chi connectivity index (χ0n) is 14.2. The normalized spacial score (nSPS) is 17.3. The summed E-state index contributed by atoms with van der Waals surface area (Å²) < 4.78 is 0. The number of carbonyl (C=O) groups is 1. The van der Waals surface area contributed by atoms with Crippen LogP contribution in [0.2, 0.25) is 5.02 Å². The minimum Gasteiger partial charge on any atom is -0.368 e. The lowest BCUT2D eigenvalue weighted by Crippen LogP contribution is -2.46. The lowest BCUT2D eigenvalue weighted by molar-refractivity contribution is -0.120. The molecule has 0 aromatic heterocycles. The zero-order valence-corrected chi connectivity index (χ0v) is 15.0. The van der Waals surface area contributed by atoms with Crippen LogP contribution in [0.15, 0.2) is 54.6 Å². The van der Waals surface area contributed by atoms with Crippen LogP contribution in [0, 0.1) is 0 Å². The largest absolute Gasteiger partial charge is 0.368 e. The summed E-state index contributed by atoms with van der Waals surface area (Å²) in [4.78, 5) is 14.3. The summed E-state index contributed by atoms with van der Waals surface area (Å²) >= 11 is 5.94. The molecule has 1 heterocycles. The van der Waals surface area contributed by atoms with E-state index in [-0.39, 0.29) is 5.91 Å². The van der Waals surface area contributed by atoms with Crippen molar-refractivity contribution in [3.63, 3.8) is 0 Å². The van der Waals surface area contributed by atoms with E-state index in [9.17, 15) is 4.79 Å². The van der Waals surface area contributed by atoms with Crippen molar-refractivity contribution < 1.29 is 4.79 Å². The van der Waals surface area contributed by atoms with E-state index in [1.807, 2.05) is 42.5 Å². The van der Waals surface area contributed by atoms with Crippen LogP contribution in [0.5, 0.6) is 0 Å². The number of nitrogens with one attached hydrogen (secondary N) is 1. The first-order chi connectivity index (χ1) is 12.1. The molecule has 2 aromatic carbocycles. The monoisotopic (exact) mass is 357 g/mol. The summed E-state index contributed by atoms with van der Waals surface area (Å²) in [6.07, 6.45) is 2.01. The molecule has 1 fully saturated rings. The maximum absolute atomic E-state index is 11.8. The van der Waals surface area contributed by atoms with E-state index in [0.29, 0.717) is 6.04 Å². The topological polar surface area (TPSA) is 58.4 Å². The molecule has 2 aromatic rings. The van der Waals surface area contributed by atoms with Gasteiger partial charge in [-0.25, -0.2) is 0 Å². The van der Waals surface area contributed by atoms with E-state index in [0.717, 1.165) is 43.1 Å². The fourth-order valence-corrected chi connectivity index (χ4v) is 3.46. The summed E-state index contributed by atoms with van der Waals surface area (Å²) in [6, 6.07) is 17.6. The molecule has 0 saturated carbocycles. The highest BCUT2D eigenvalue weighted by Gasteiger charge is 2.25. The number of likely N-dealkylation sites (tertiary alicyclic amines) is 1. The van der Waals surface area contributed by atoms with Crippen molar-refractivity contribution in [2.45, 2.75) is 31.5 Å². The fourth-order valence-electron chi connectivity index (χ4n) is 3.33. The molecule has 0 spiro atoms. The molecule has 1 aliphatic heterocycles. The van der Waals surface area contributed by atoms with Crippen LogP contribution in [0.3, 0.4) is 0 Å². The number of hydrogen-bond acceptors (Lipinski definition) is 3. The molecule has 0 aliphatic carbocycles. The summed E-state index contributed by atoms with van der Waals surface area (Å²) in [5, 5.41) is 4.21. The van der Waals surface area contributed by atoms with Gasteiger partial charge in [-0.3, -0.25) is 15.0 Å². The van der Waals surface area contributed by atoms with E-state index < -0.39 is 6.04 Å². The number of amides is 1. The Balaban J connectivity index is 1.53. The van der Waals surface area contributed by atoms with E-state index in [1.165, 1.54) is 5.56 Å². The number of carbonyl (C=O) groups excluding carboxylic acids is 1. The van der Waals surface area contributed by atoms with Crippen LogP contribution < -0.4 is 11.1 Å². The third kappa shape index (κ3) is 5.05. The molecule has 3 N–H and O–H groups in total. The Kier molecular flexibility index (Phi) is 6.08. The van der Waals surface area contributed by atoms with E-state index in [4.69, 9.17) is 17.3 Å². The SMILES string of the molecule is NC(=O)[C@@H](NC1CCN(Cc2ccc(Cl)cc2)CC1)c1ccccc1. The quantitative estimate of drug-likeness (QED) is 0.835. The first-order valence-corrected chi connectivity index (χ1v) is 9.07. The Labute approximate surface area is 154 Å². The molecule has 3 rings (SSSR count). The summed E-state index contributed by atoms with van der Waals surface area (Å²) in [5.41, 5.74) is 7.81. The molecule has 0 unspecified atom stereocenters. The van der Waals surface area contributed by atoms with Crippen molar-refractivity contribution >= 4 is 17.5 Å². The third-order valence-electron chi connectivity index (χ3n) is 4.73. The summed E-state index contributed by atoms with van der Waals surface area (Å²) in [6.45, 7) is 2.93. The van der Waals surface area contributed by atoms with Crippen LogP contribution in [-0.4, -0.2) is 29.9 Å². The Hall–Kier alpha value is -1.88. The lowest BCUT2D eigenvalue weighted by Gasteiger charge is -2.34. The molecule has 5 heteroatoms. The van der Waals surface area contributed by atoms with Gasteiger partial charge < -0.3 is 5.73 Å². The summed E-state index contributed by atoms with van der Waals surface area (Å²) in [7, 11) is 0. The Bertz CT molecular complexity index is 682. The fraction of sp³-hybridized carbons (Fsp3) is 0.350. The van der Waals surface area contributed by atoms with E-state index >= 15 is 0 Å². The Morgan fingerprint density at radius 2 is 1.76 bits per heavy atom. The molecule has 132 valence electrons. The number of nitrogens with zero attached hydrogens (tertiary/aromatic N) is 1. The molecular formula is C20H24ClN3O. The number of hydrogen-bond donors (Lipinski definition) is 2. The van der Waals surface area contributed by atoms with Gasteiger partial charge in [-0.1, -0.05) is 54.1 Å². The maximum Gasteiger partial charge on any atom is 0.239 e. The number of nitrogens with two attached hydrogens (primary N) is 1. The van der Waals surface area contributed by atoms with Gasteiger partial charge in [0.1, 0.15) is 6.04 Å². The lowest BCUT2D eigenvalue weighted by atomic mass is 10.00. The Morgan fingerprint density at radius 1 is 1.12 bits per heavy atom. The van der Waals surface area contributed by atoms with Crippen molar-refractivity contribution in [1.82, 2.24) is 10.2 Å². The van der Waals surface area contributed by atoms with Crippen molar-refractivity contribution in [3.8, 4) is 0 Å². The first kappa shape index (κ1) is 17.9. The van der Waals surface area contributed by atoms with Crippen LogP contribution in [0.4, 0.5) is 0 Å². The molecule has 4 nitrogen and oxygen atoms in total. The third-order valence-corrected chi connectivity index (χ3v) is 4.98. The van der Waals surface area contributed by atoms with Gasteiger partial charge in [0.2, 0.25) is 5.91 Å². The van der Waals surface area contributed by atoms with Gasteiger partial charge in [0, 0.05) is 17.6 Å². The van der Waals surface area contributed by atoms with Gasteiger partial charge in [0.15, 0.2) is 0 Å². The van der Waals surface area contributed by atoms with Crippen LogP contribution in [-0.2, 0) is 11.3 Å². The highest BCUT2D eigenvalue weighted by molar-refractivity contribution is 6.30. The predicted octanol–water partition coefficient (Wildman–Crippen LogP) is 3.12. The molecule has 1 atom stereocenters. The average molecular weight is 358 g/mol. The second-order valence-electron chi connectivity index (χ2n) is 6.59. The van der Waals surface area contributed by atoms with Crippen molar-refractivity contribution in [2.24, 2.45) is 5.73 Å². The van der Waals surface area contributed by atoms with Gasteiger partial charge in [-0.2, -0.15) is 0 Å². The van der Waals surface area contributed by atoms with Crippen LogP contribution in [0.1, 0.15) is 30.0 Å². The molecule has 0 bridgehead atoms. The van der Waals surface area contributed by atoms with E-state index in [2.05, 4.69) is 22.3 Å². The maximum atomic E-state index is 11.8. The molecule has 1 aliphatic rings. The smallest absolute Gasteiger partial charge is 0.239 e. The van der Waals surface area contributed by atoms with Gasteiger partial charge in [0.25, 0.3) is 0 Å². The second kappa shape index (κ2) is 8.48. The number of benzene rings is 2. The zero-order chi connectivity index (χ0) is 17.6. The molecule has 25 heavy (non-hydrogen) atoms. The minimum atomic E-state index is -0.422. The summed E-state index contributed by atoms with van der Waals surface area (Å²) in [5.74, 6) is -0.324. The molecule has 0 radical (unpaired) electrons. The van der Waals surface area contributed by atoms with Crippen LogP contribution in [0.25, 0.3) is 0 Å². The van der Waals surface area contributed by atoms with Gasteiger partial charge in [0.05, 0.1) is 0 Å². The number of piperidine rings is 1. The number of primary amides is 1. The predicted molar refractivity (Wildman–Crippen MR) is 101 cm³/mol. The minimum absolute atomic E-state index is 0.305. The standard InChI is InChI=1S/C20H24ClN3O/c21-17-8-6-15(7-9-17)14-24-12-10-18(11-13-24)23-19(20(22)25)16-4-2-1-3-5-16/h1-9,18-19,23H,10-14H2,(H2,22,25)/t19-/m0/s1. The van der Waals surface area contributed by atoms with Crippen molar-refractivity contribution in [3.05, 3.63) is 70.7 Å². The highest BCUT2D eigenvalue weighted by atomic mass is 35.5.